The number of ether oxygens (including phenoxy) is 1. The van der Waals surface area contributed by atoms with Gasteiger partial charge in [-0.25, -0.2) is 4.79 Å². The first kappa shape index (κ1) is 18.5. The zero-order valence-electron chi connectivity index (χ0n) is 15.4. The van der Waals surface area contributed by atoms with Crippen molar-refractivity contribution < 1.29 is 19.2 Å². The van der Waals surface area contributed by atoms with Crippen molar-refractivity contribution in [2.75, 3.05) is 19.5 Å². The number of aryl methyl sites for hydroxylation is 1. The highest BCUT2D eigenvalue weighted by Crippen LogP contribution is 2.22. The fourth-order valence-electron chi connectivity index (χ4n) is 3.10. The van der Waals surface area contributed by atoms with E-state index in [4.69, 9.17) is 9.57 Å². The molecule has 0 fully saturated rings. The number of benzene rings is 2. The largest absolute Gasteiger partial charge is 0.465 e. The summed E-state index contributed by atoms with van der Waals surface area (Å²) in [5, 5.41) is 3.92. The number of rotatable bonds is 7. The van der Waals surface area contributed by atoms with Crippen LogP contribution in [0, 0.1) is 0 Å². The summed E-state index contributed by atoms with van der Waals surface area (Å²) < 4.78 is 6.48. The van der Waals surface area contributed by atoms with Gasteiger partial charge < -0.3 is 14.9 Å². The van der Waals surface area contributed by atoms with Crippen molar-refractivity contribution in [2.45, 2.75) is 19.3 Å². The molecule has 0 saturated carbocycles. The van der Waals surface area contributed by atoms with Crippen LogP contribution in [0.2, 0.25) is 0 Å². The van der Waals surface area contributed by atoms with E-state index in [2.05, 4.69) is 5.32 Å². The zero-order valence-corrected chi connectivity index (χ0v) is 15.4. The van der Waals surface area contributed by atoms with Gasteiger partial charge in [0.1, 0.15) is 7.11 Å². The van der Waals surface area contributed by atoms with E-state index in [0.29, 0.717) is 24.1 Å². The molecular formula is C21H22N2O4. The molecule has 1 heterocycles. The molecule has 3 aromatic rings. The second-order valence-corrected chi connectivity index (χ2v) is 6.12. The average Bonchev–Trinajstić information content (AvgIpc) is 3.06. The van der Waals surface area contributed by atoms with Crippen molar-refractivity contribution in [3.8, 4) is 0 Å². The van der Waals surface area contributed by atoms with Crippen molar-refractivity contribution in [1.82, 2.24) is 4.73 Å². The number of nitrogens with zero attached hydrogens (tertiary/aromatic N) is 1. The van der Waals surface area contributed by atoms with Crippen molar-refractivity contribution in [3.63, 3.8) is 0 Å². The molecule has 6 nitrogen and oxygen atoms in total. The quantitative estimate of drug-likeness (QED) is 0.650. The van der Waals surface area contributed by atoms with E-state index in [1.165, 1.54) is 7.11 Å². The maximum atomic E-state index is 12.3. The fraction of sp³-hybridized carbons (Fsp3) is 0.238. The van der Waals surface area contributed by atoms with E-state index in [-0.39, 0.29) is 5.91 Å². The number of carbonyl (C=O) groups excluding carboxylic acids is 2. The van der Waals surface area contributed by atoms with Gasteiger partial charge in [0.25, 0.3) is 0 Å². The molecule has 0 spiro atoms. The maximum Gasteiger partial charge on any atom is 0.339 e. The zero-order chi connectivity index (χ0) is 19.2. The van der Waals surface area contributed by atoms with E-state index in [0.717, 1.165) is 22.9 Å². The van der Waals surface area contributed by atoms with E-state index in [1.54, 1.807) is 36.1 Å². The molecule has 2 aromatic carbocycles. The summed E-state index contributed by atoms with van der Waals surface area (Å²) >= 11 is 0. The number of hydrogen-bond acceptors (Lipinski definition) is 4. The number of aromatic nitrogens is 1. The Balaban J connectivity index is 1.62. The molecule has 1 amide bonds. The summed E-state index contributed by atoms with van der Waals surface area (Å²) in [6.07, 6.45) is 3.74. The van der Waals surface area contributed by atoms with Crippen LogP contribution in [-0.2, 0) is 16.0 Å². The number of para-hydroxylation sites is 2. The number of anilines is 1. The van der Waals surface area contributed by atoms with Gasteiger partial charge in [-0.05, 0) is 36.6 Å². The minimum atomic E-state index is -0.474. The number of amides is 1. The Hall–Kier alpha value is -3.28. The van der Waals surface area contributed by atoms with Gasteiger partial charge in [-0.2, -0.15) is 4.73 Å². The van der Waals surface area contributed by atoms with E-state index >= 15 is 0 Å². The smallest absolute Gasteiger partial charge is 0.339 e. The first-order valence-corrected chi connectivity index (χ1v) is 8.74. The van der Waals surface area contributed by atoms with Crippen LogP contribution in [0.4, 0.5) is 5.69 Å². The van der Waals surface area contributed by atoms with Crippen molar-refractivity contribution >= 4 is 28.5 Å². The van der Waals surface area contributed by atoms with Crippen LogP contribution in [0.15, 0.2) is 54.7 Å². The van der Waals surface area contributed by atoms with Crippen LogP contribution in [-0.4, -0.2) is 30.8 Å². The molecule has 0 aliphatic carbocycles. The molecule has 0 bridgehead atoms. The molecule has 27 heavy (non-hydrogen) atoms. The Kier molecular flexibility index (Phi) is 5.76. The van der Waals surface area contributed by atoms with Gasteiger partial charge in [0, 0.05) is 18.0 Å². The molecule has 0 radical (unpaired) electrons. The summed E-state index contributed by atoms with van der Waals surface area (Å²) in [5.74, 6) is -0.611. The van der Waals surface area contributed by atoms with Gasteiger partial charge >= 0.3 is 5.97 Å². The summed E-state index contributed by atoms with van der Waals surface area (Å²) in [4.78, 5) is 29.4. The predicted molar refractivity (Wildman–Crippen MR) is 104 cm³/mol. The number of nitrogens with one attached hydrogen (secondary N) is 1. The molecule has 0 saturated heterocycles. The third kappa shape index (κ3) is 4.11. The normalized spacial score (nSPS) is 10.6. The number of esters is 1. The predicted octanol–water partition coefficient (Wildman–Crippen LogP) is 3.45. The van der Waals surface area contributed by atoms with Gasteiger partial charge in [-0.1, -0.05) is 30.3 Å². The molecule has 3 rings (SSSR count). The van der Waals surface area contributed by atoms with E-state index < -0.39 is 5.97 Å². The number of methoxy groups -OCH3 is 1. The molecule has 0 aliphatic rings. The second kappa shape index (κ2) is 8.40. The lowest BCUT2D eigenvalue weighted by Crippen LogP contribution is -2.15. The standard InChI is InChI=1S/C21H22N2O4/c1-26-21(25)17-10-3-5-11-18(17)22-20(24)13-7-8-15-14-23(27-2)19-12-6-4-9-16(15)19/h3-6,9-12,14H,7-8,13H2,1-2H3,(H,22,24). The van der Waals surface area contributed by atoms with Gasteiger partial charge in [0.05, 0.1) is 23.9 Å². The van der Waals surface area contributed by atoms with Gasteiger partial charge in [0.2, 0.25) is 5.91 Å². The Morgan fingerprint density at radius 3 is 2.56 bits per heavy atom. The second-order valence-electron chi connectivity index (χ2n) is 6.12. The van der Waals surface area contributed by atoms with Crippen LogP contribution in [0.1, 0.15) is 28.8 Å². The molecule has 0 atom stereocenters. The van der Waals surface area contributed by atoms with Gasteiger partial charge in [-0.15, -0.1) is 0 Å². The number of carbonyl (C=O) groups is 2. The van der Waals surface area contributed by atoms with Crippen LogP contribution < -0.4 is 10.2 Å². The highest BCUT2D eigenvalue weighted by atomic mass is 16.6. The lowest BCUT2D eigenvalue weighted by Gasteiger charge is -2.09. The maximum absolute atomic E-state index is 12.3. The van der Waals surface area contributed by atoms with Crippen LogP contribution >= 0.6 is 0 Å². The Morgan fingerprint density at radius 2 is 1.78 bits per heavy atom. The first-order chi connectivity index (χ1) is 13.1. The average molecular weight is 366 g/mol. The highest BCUT2D eigenvalue weighted by Gasteiger charge is 2.14. The lowest BCUT2D eigenvalue weighted by molar-refractivity contribution is -0.116. The van der Waals surface area contributed by atoms with Gasteiger partial charge in [-0.3, -0.25) is 4.79 Å². The fourth-order valence-corrected chi connectivity index (χ4v) is 3.10. The number of hydrogen-bond donors (Lipinski definition) is 1. The molecule has 1 N–H and O–H groups in total. The monoisotopic (exact) mass is 366 g/mol. The Morgan fingerprint density at radius 1 is 1.04 bits per heavy atom. The van der Waals surface area contributed by atoms with E-state index in [9.17, 15) is 9.59 Å². The third-order valence-electron chi connectivity index (χ3n) is 4.41. The van der Waals surface area contributed by atoms with Crippen LogP contribution in [0.25, 0.3) is 10.9 Å². The van der Waals surface area contributed by atoms with Crippen molar-refractivity contribution in [1.29, 1.82) is 0 Å². The summed E-state index contributed by atoms with van der Waals surface area (Å²) in [6.45, 7) is 0. The molecule has 0 aliphatic heterocycles. The van der Waals surface area contributed by atoms with E-state index in [1.807, 2.05) is 30.5 Å². The van der Waals surface area contributed by atoms with Crippen molar-refractivity contribution in [2.24, 2.45) is 0 Å². The SMILES string of the molecule is COC(=O)c1ccccc1NC(=O)CCCc1cn(OC)c2ccccc12. The minimum Gasteiger partial charge on any atom is -0.465 e. The topological polar surface area (TPSA) is 69.6 Å². The summed E-state index contributed by atoms with van der Waals surface area (Å²) in [5.41, 5.74) is 2.95. The van der Waals surface area contributed by atoms with Crippen LogP contribution in [0.3, 0.4) is 0 Å². The van der Waals surface area contributed by atoms with Crippen molar-refractivity contribution in [3.05, 3.63) is 65.9 Å². The summed E-state index contributed by atoms with van der Waals surface area (Å²) in [6, 6.07) is 14.8. The lowest BCUT2D eigenvalue weighted by atomic mass is 10.1. The van der Waals surface area contributed by atoms with Gasteiger partial charge in [0.15, 0.2) is 0 Å². The Bertz CT molecular complexity index is 962. The number of fused-ring (bicyclic) bond motifs is 1. The molecule has 1 aromatic heterocycles. The highest BCUT2D eigenvalue weighted by molar-refractivity contribution is 6.01. The minimum absolute atomic E-state index is 0.137. The molecule has 0 unspecified atom stereocenters. The summed E-state index contributed by atoms with van der Waals surface area (Å²) in [7, 11) is 2.94. The van der Waals surface area contributed by atoms with Crippen LogP contribution in [0.5, 0.6) is 0 Å². The molecule has 6 heteroatoms. The molecular weight excluding hydrogens is 344 g/mol. The molecule has 140 valence electrons. The first-order valence-electron chi connectivity index (χ1n) is 8.74. The third-order valence-corrected chi connectivity index (χ3v) is 4.41. The Labute approximate surface area is 157 Å².